The maximum atomic E-state index is 5.94. The van der Waals surface area contributed by atoms with Gasteiger partial charge in [0, 0.05) is 5.02 Å². The molecular weight excluding hydrogens is 274 g/mol. The second-order valence-electron chi connectivity index (χ2n) is 4.39. The van der Waals surface area contributed by atoms with Crippen LogP contribution in [-0.2, 0) is 0 Å². The predicted molar refractivity (Wildman–Crippen MR) is 81.9 cm³/mol. The zero-order valence-corrected chi connectivity index (χ0v) is 12.6. The van der Waals surface area contributed by atoms with Gasteiger partial charge in [0.1, 0.15) is 0 Å². The van der Waals surface area contributed by atoms with Gasteiger partial charge in [0.15, 0.2) is 11.5 Å². The molecule has 0 aliphatic rings. The van der Waals surface area contributed by atoms with Crippen molar-refractivity contribution in [2.45, 2.75) is 6.04 Å². The van der Waals surface area contributed by atoms with E-state index in [9.17, 15) is 0 Å². The van der Waals surface area contributed by atoms with E-state index >= 15 is 0 Å². The van der Waals surface area contributed by atoms with Crippen molar-refractivity contribution in [3.8, 4) is 11.5 Å². The number of hydrogen-bond donors (Lipinski definition) is 1. The van der Waals surface area contributed by atoms with Gasteiger partial charge in [0.25, 0.3) is 0 Å². The summed E-state index contributed by atoms with van der Waals surface area (Å²) in [6.45, 7) is 0. The average molecular weight is 292 g/mol. The van der Waals surface area contributed by atoms with E-state index in [0.717, 1.165) is 27.6 Å². The number of rotatable bonds is 5. The molecule has 0 aliphatic carbocycles. The number of methoxy groups -OCH3 is 2. The van der Waals surface area contributed by atoms with E-state index in [1.807, 2.05) is 49.5 Å². The third-order valence-electron chi connectivity index (χ3n) is 3.23. The maximum Gasteiger partial charge on any atom is 0.161 e. The summed E-state index contributed by atoms with van der Waals surface area (Å²) in [6.07, 6.45) is 0. The summed E-state index contributed by atoms with van der Waals surface area (Å²) in [5.74, 6) is 1.45. The number of hydrogen-bond acceptors (Lipinski definition) is 3. The molecule has 0 heterocycles. The molecule has 0 aromatic heterocycles. The van der Waals surface area contributed by atoms with Gasteiger partial charge in [0.2, 0.25) is 0 Å². The Kier molecular flexibility index (Phi) is 4.88. The number of nitrogens with one attached hydrogen (secondary N) is 1. The van der Waals surface area contributed by atoms with Gasteiger partial charge in [-0.05, 0) is 42.4 Å². The predicted octanol–water partition coefficient (Wildman–Crippen LogP) is 3.67. The van der Waals surface area contributed by atoms with Gasteiger partial charge in [-0.2, -0.15) is 0 Å². The highest BCUT2D eigenvalue weighted by Gasteiger charge is 2.14. The van der Waals surface area contributed by atoms with Gasteiger partial charge in [-0.3, -0.25) is 0 Å². The smallest absolute Gasteiger partial charge is 0.161 e. The van der Waals surface area contributed by atoms with Crippen LogP contribution in [0.2, 0.25) is 5.02 Å². The molecule has 0 fully saturated rings. The van der Waals surface area contributed by atoms with E-state index < -0.39 is 0 Å². The summed E-state index contributed by atoms with van der Waals surface area (Å²) in [5, 5.41) is 4.04. The van der Waals surface area contributed by atoms with Crippen molar-refractivity contribution in [3.05, 3.63) is 58.6 Å². The molecule has 0 spiro atoms. The van der Waals surface area contributed by atoms with Gasteiger partial charge in [0.05, 0.1) is 20.3 Å². The largest absolute Gasteiger partial charge is 0.493 e. The number of benzene rings is 2. The first-order chi connectivity index (χ1) is 9.69. The Morgan fingerprint density at radius 3 is 2.05 bits per heavy atom. The molecule has 1 N–H and O–H groups in total. The summed E-state index contributed by atoms with van der Waals surface area (Å²) in [5.41, 5.74) is 2.25. The van der Waals surface area contributed by atoms with E-state index in [-0.39, 0.29) is 6.04 Å². The fourth-order valence-corrected chi connectivity index (χ4v) is 2.34. The lowest BCUT2D eigenvalue weighted by Gasteiger charge is -2.19. The van der Waals surface area contributed by atoms with Crippen molar-refractivity contribution in [3.63, 3.8) is 0 Å². The Hall–Kier alpha value is -1.71. The first kappa shape index (κ1) is 14.7. The third-order valence-corrected chi connectivity index (χ3v) is 3.48. The molecule has 0 aliphatic heterocycles. The molecule has 2 rings (SSSR count). The first-order valence-electron chi connectivity index (χ1n) is 6.34. The minimum Gasteiger partial charge on any atom is -0.493 e. The average Bonchev–Trinajstić information content (AvgIpc) is 2.49. The fourth-order valence-electron chi connectivity index (χ4n) is 2.21. The van der Waals surface area contributed by atoms with Crippen LogP contribution in [0.25, 0.3) is 0 Å². The lowest BCUT2D eigenvalue weighted by molar-refractivity contribution is 0.354. The Morgan fingerprint density at radius 1 is 0.900 bits per heavy atom. The molecule has 1 unspecified atom stereocenters. The molecule has 0 saturated carbocycles. The molecule has 2 aromatic rings. The molecule has 0 radical (unpaired) electrons. The minimum atomic E-state index is 0.0760. The molecule has 3 nitrogen and oxygen atoms in total. The number of halogens is 1. The Labute approximate surface area is 124 Å². The number of ether oxygens (including phenoxy) is 2. The van der Waals surface area contributed by atoms with Crippen molar-refractivity contribution >= 4 is 11.6 Å². The molecule has 2 aromatic carbocycles. The van der Waals surface area contributed by atoms with Crippen LogP contribution in [0.5, 0.6) is 11.5 Å². The van der Waals surface area contributed by atoms with Gasteiger partial charge < -0.3 is 14.8 Å². The normalized spacial score (nSPS) is 12.0. The van der Waals surface area contributed by atoms with Crippen LogP contribution in [0.15, 0.2) is 42.5 Å². The van der Waals surface area contributed by atoms with Crippen molar-refractivity contribution in [1.29, 1.82) is 0 Å². The van der Waals surface area contributed by atoms with Crippen molar-refractivity contribution in [1.82, 2.24) is 5.32 Å². The molecule has 0 bridgehead atoms. The quantitative estimate of drug-likeness (QED) is 0.912. The molecular formula is C16H18ClNO2. The fraction of sp³-hybridized carbons (Fsp3) is 0.250. The van der Waals surface area contributed by atoms with E-state index in [4.69, 9.17) is 21.1 Å². The standard InChI is InChI=1S/C16H18ClNO2/c1-18-16(11-4-7-13(17)8-5-11)12-6-9-14(19-2)15(10-12)20-3/h4-10,16,18H,1-3H3. The van der Waals surface area contributed by atoms with Crippen LogP contribution in [0.1, 0.15) is 17.2 Å². The van der Waals surface area contributed by atoms with Crippen LogP contribution in [0.4, 0.5) is 0 Å². The zero-order valence-electron chi connectivity index (χ0n) is 11.8. The third kappa shape index (κ3) is 3.06. The van der Waals surface area contributed by atoms with Gasteiger partial charge in [-0.15, -0.1) is 0 Å². The SMILES string of the molecule is CNC(c1ccc(Cl)cc1)c1ccc(OC)c(OC)c1. The lowest BCUT2D eigenvalue weighted by atomic mass is 9.98. The van der Waals surface area contributed by atoms with Crippen LogP contribution in [0.3, 0.4) is 0 Å². The Morgan fingerprint density at radius 2 is 1.50 bits per heavy atom. The van der Waals surface area contributed by atoms with Crippen LogP contribution in [-0.4, -0.2) is 21.3 Å². The van der Waals surface area contributed by atoms with Crippen LogP contribution < -0.4 is 14.8 Å². The summed E-state index contributed by atoms with van der Waals surface area (Å²) < 4.78 is 10.6. The zero-order chi connectivity index (χ0) is 14.5. The molecule has 4 heteroatoms. The molecule has 106 valence electrons. The molecule has 1 atom stereocenters. The highest BCUT2D eigenvalue weighted by molar-refractivity contribution is 6.30. The first-order valence-corrected chi connectivity index (χ1v) is 6.72. The van der Waals surface area contributed by atoms with E-state index in [0.29, 0.717) is 0 Å². The summed E-state index contributed by atoms with van der Waals surface area (Å²) in [6, 6.07) is 13.8. The van der Waals surface area contributed by atoms with Crippen LogP contribution in [0, 0.1) is 0 Å². The van der Waals surface area contributed by atoms with Crippen molar-refractivity contribution < 1.29 is 9.47 Å². The van der Waals surface area contributed by atoms with E-state index in [1.165, 1.54) is 0 Å². The maximum absolute atomic E-state index is 5.94. The van der Waals surface area contributed by atoms with Crippen molar-refractivity contribution in [2.24, 2.45) is 0 Å². The van der Waals surface area contributed by atoms with Gasteiger partial charge in [-0.25, -0.2) is 0 Å². The summed E-state index contributed by atoms with van der Waals surface area (Å²) in [4.78, 5) is 0. The van der Waals surface area contributed by atoms with E-state index in [2.05, 4.69) is 5.32 Å². The topological polar surface area (TPSA) is 30.5 Å². The highest BCUT2D eigenvalue weighted by Crippen LogP contribution is 2.32. The van der Waals surface area contributed by atoms with Gasteiger partial charge in [-0.1, -0.05) is 29.8 Å². The second kappa shape index (κ2) is 6.64. The van der Waals surface area contributed by atoms with Crippen molar-refractivity contribution in [2.75, 3.05) is 21.3 Å². The molecule has 20 heavy (non-hydrogen) atoms. The summed E-state index contributed by atoms with van der Waals surface area (Å²) in [7, 11) is 5.20. The molecule has 0 amide bonds. The molecule has 0 saturated heterocycles. The monoisotopic (exact) mass is 291 g/mol. The Balaban J connectivity index is 2.39. The highest BCUT2D eigenvalue weighted by atomic mass is 35.5. The lowest BCUT2D eigenvalue weighted by Crippen LogP contribution is -2.17. The van der Waals surface area contributed by atoms with Crippen LogP contribution >= 0.6 is 11.6 Å². The van der Waals surface area contributed by atoms with E-state index in [1.54, 1.807) is 14.2 Å². The van der Waals surface area contributed by atoms with Gasteiger partial charge >= 0.3 is 0 Å². The minimum absolute atomic E-state index is 0.0760. The summed E-state index contributed by atoms with van der Waals surface area (Å²) >= 11 is 5.94. The second-order valence-corrected chi connectivity index (χ2v) is 4.82. The Bertz CT molecular complexity index is 569.